The third-order valence-corrected chi connectivity index (χ3v) is 3.34. The molecule has 2 heterocycles. The standard InChI is InChI=1S/C10H15N3O/c1-10(2-3-10)9-12-8(14-13-9)4-7-5-11-6-7/h7,11H,2-6H2,1H3. The predicted molar refractivity (Wildman–Crippen MR) is 50.9 cm³/mol. The van der Waals surface area contributed by atoms with E-state index in [1.54, 1.807) is 0 Å². The zero-order valence-corrected chi connectivity index (χ0v) is 8.42. The summed E-state index contributed by atoms with van der Waals surface area (Å²) in [7, 11) is 0. The molecule has 14 heavy (non-hydrogen) atoms. The third-order valence-electron chi connectivity index (χ3n) is 3.34. The molecule has 0 spiro atoms. The van der Waals surface area contributed by atoms with Crippen molar-refractivity contribution in [1.29, 1.82) is 0 Å². The number of rotatable bonds is 3. The number of hydrogen-bond acceptors (Lipinski definition) is 4. The highest BCUT2D eigenvalue weighted by atomic mass is 16.5. The number of aromatic nitrogens is 2. The summed E-state index contributed by atoms with van der Waals surface area (Å²) < 4.78 is 5.25. The Hall–Kier alpha value is -0.900. The molecule has 0 unspecified atom stereocenters. The van der Waals surface area contributed by atoms with Gasteiger partial charge in [-0.15, -0.1) is 0 Å². The number of nitrogens with one attached hydrogen (secondary N) is 1. The molecule has 0 amide bonds. The molecule has 0 radical (unpaired) electrons. The smallest absolute Gasteiger partial charge is 0.227 e. The highest BCUT2D eigenvalue weighted by molar-refractivity contribution is 5.14. The van der Waals surface area contributed by atoms with Crippen LogP contribution >= 0.6 is 0 Å². The summed E-state index contributed by atoms with van der Waals surface area (Å²) in [5.74, 6) is 2.44. The zero-order chi connectivity index (χ0) is 9.60. The van der Waals surface area contributed by atoms with Crippen molar-refractivity contribution in [3.63, 3.8) is 0 Å². The lowest BCUT2D eigenvalue weighted by molar-refractivity contribution is 0.294. The summed E-state index contributed by atoms with van der Waals surface area (Å²) >= 11 is 0. The molecule has 0 bridgehead atoms. The van der Waals surface area contributed by atoms with Crippen LogP contribution in [-0.2, 0) is 11.8 Å². The Morgan fingerprint density at radius 3 is 2.86 bits per heavy atom. The molecule has 1 saturated carbocycles. The van der Waals surface area contributed by atoms with Gasteiger partial charge in [-0.2, -0.15) is 4.98 Å². The third kappa shape index (κ3) is 1.34. The van der Waals surface area contributed by atoms with Gasteiger partial charge in [0, 0.05) is 11.8 Å². The fourth-order valence-corrected chi connectivity index (χ4v) is 1.73. The Labute approximate surface area is 83.1 Å². The molecule has 0 aromatic carbocycles. The first-order chi connectivity index (χ1) is 6.76. The average molecular weight is 193 g/mol. The Balaban J connectivity index is 1.70. The van der Waals surface area contributed by atoms with Gasteiger partial charge in [-0.1, -0.05) is 12.1 Å². The summed E-state index contributed by atoms with van der Waals surface area (Å²) in [6, 6.07) is 0. The highest BCUT2D eigenvalue weighted by Crippen LogP contribution is 2.45. The fourth-order valence-electron chi connectivity index (χ4n) is 1.73. The molecule has 1 aromatic rings. The van der Waals surface area contributed by atoms with Crippen LogP contribution in [0.5, 0.6) is 0 Å². The van der Waals surface area contributed by atoms with E-state index in [4.69, 9.17) is 4.52 Å². The molecule has 2 aliphatic rings. The van der Waals surface area contributed by atoms with Crippen molar-refractivity contribution in [3.05, 3.63) is 11.7 Å². The summed E-state index contributed by atoms with van der Waals surface area (Å²) in [6.07, 6.45) is 3.35. The summed E-state index contributed by atoms with van der Waals surface area (Å²) in [6.45, 7) is 4.39. The van der Waals surface area contributed by atoms with Crippen LogP contribution in [0.25, 0.3) is 0 Å². The molecule has 4 nitrogen and oxygen atoms in total. The minimum atomic E-state index is 0.236. The topological polar surface area (TPSA) is 51.0 Å². The SMILES string of the molecule is CC1(c2noc(CC3CNC3)n2)CC1. The molecule has 1 saturated heterocycles. The van der Waals surface area contributed by atoms with Gasteiger partial charge in [0.2, 0.25) is 5.89 Å². The Morgan fingerprint density at radius 1 is 1.50 bits per heavy atom. The monoisotopic (exact) mass is 193 g/mol. The van der Waals surface area contributed by atoms with Crippen molar-refractivity contribution in [1.82, 2.24) is 15.5 Å². The predicted octanol–water partition coefficient (Wildman–Crippen LogP) is 0.883. The molecule has 0 atom stereocenters. The molecule has 1 aromatic heterocycles. The van der Waals surface area contributed by atoms with E-state index in [1.807, 2.05) is 0 Å². The van der Waals surface area contributed by atoms with E-state index >= 15 is 0 Å². The summed E-state index contributed by atoms with van der Waals surface area (Å²) in [5.41, 5.74) is 0.236. The van der Waals surface area contributed by atoms with Crippen LogP contribution in [0.1, 0.15) is 31.5 Å². The second kappa shape index (κ2) is 2.79. The maximum absolute atomic E-state index is 5.25. The maximum atomic E-state index is 5.25. The van der Waals surface area contributed by atoms with Gasteiger partial charge in [-0.25, -0.2) is 0 Å². The van der Waals surface area contributed by atoms with Crippen LogP contribution in [0, 0.1) is 5.92 Å². The highest BCUT2D eigenvalue weighted by Gasteiger charge is 2.43. The lowest BCUT2D eigenvalue weighted by Gasteiger charge is -2.25. The van der Waals surface area contributed by atoms with Crippen LogP contribution in [0.2, 0.25) is 0 Å². The number of nitrogens with zero attached hydrogens (tertiary/aromatic N) is 2. The Kier molecular flexibility index (Phi) is 1.68. The molecule has 1 N–H and O–H groups in total. The van der Waals surface area contributed by atoms with Crippen LogP contribution in [0.3, 0.4) is 0 Å². The van der Waals surface area contributed by atoms with Crippen molar-refractivity contribution in [2.24, 2.45) is 5.92 Å². The molecule has 76 valence electrons. The van der Waals surface area contributed by atoms with Gasteiger partial charge in [0.1, 0.15) is 0 Å². The molecule has 3 rings (SSSR count). The summed E-state index contributed by atoms with van der Waals surface area (Å²) in [5, 5.41) is 7.30. The second-order valence-corrected chi connectivity index (χ2v) is 4.80. The van der Waals surface area contributed by atoms with E-state index in [0.717, 1.165) is 31.2 Å². The van der Waals surface area contributed by atoms with Crippen LogP contribution in [0.4, 0.5) is 0 Å². The second-order valence-electron chi connectivity index (χ2n) is 4.80. The zero-order valence-electron chi connectivity index (χ0n) is 8.42. The molecule has 4 heteroatoms. The van der Waals surface area contributed by atoms with Crippen molar-refractivity contribution in [3.8, 4) is 0 Å². The lowest BCUT2D eigenvalue weighted by atomic mass is 10.00. The Morgan fingerprint density at radius 2 is 2.29 bits per heavy atom. The normalized spacial score (nSPS) is 24.6. The van der Waals surface area contributed by atoms with Gasteiger partial charge in [-0.3, -0.25) is 0 Å². The van der Waals surface area contributed by atoms with E-state index in [1.165, 1.54) is 12.8 Å². The molecule has 2 fully saturated rings. The van der Waals surface area contributed by atoms with E-state index in [9.17, 15) is 0 Å². The van der Waals surface area contributed by atoms with Gasteiger partial charge in [0.05, 0.1) is 0 Å². The van der Waals surface area contributed by atoms with Gasteiger partial charge in [0.15, 0.2) is 5.82 Å². The first kappa shape index (κ1) is 8.41. The molecule has 1 aliphatic heterocycles. The van der Waals surface area contributed by atoms with Gasteiger partial charge in [-0.05, 0) is 31.8 Å². The van der Waals surface area contributed by atoms with Crippen molar-refractivity contribution in [2.45, 2.75) is 31.6 Å². The van der Waals surface area contributed by atoms with Crippen LogP contribution in [-0.4, -0.2) is 23.2 Å². The van der Waals surface area contributed by atoms with Crippen molar-refractivity contribution < 1.29 is 4.52 Å². The molecule has 1 aliphatic carbocycles. The number of hydrogen-bond donors (Lipinski definition) is 1. The minimum absolute atomic E-state index is 0.236. The van der Waals surface area contributed by atoms with E-state index in [2.05, 4.69) is 22.4 Å². The van der Waals surface area contributed by atoms with E-state index < -0.39 is 0 Å². The minimum Gasteiger partial charge on any atom is -0.339 e. The molecular formula is C10H15N3O. The van der Waals surface area contributed by atoms with Crippen molar-refractivity contribution >= 4 is 0 Å². The maximum Gasteiger partial charge on any atom is 0.227 e. The van der Waals surface area contributed by atoms with Gasteiger partial charge in [0.25, 0.3) is 0 Å². The van der Waals surface area contributed by atoms with Crippen molar-refractivity contribution in [2.75, 3.05) is 13.1 Å². The van der Waals surface area contributed by atoms with Crippen LogP contribution < -0.4 is 5.32 Å². The summed E-state index contributed by atoms with van der Waals surface area (Å²) in [4.78, 5) is 4.46. The van der Waals surface area contributed by atoms with Crippen LogP contribution in [0.15, 0.2) is 4.52 Å². The van der Waals surface area contributed by atoms with E-state index in [0.29, 0.717) is 5.92 Å². The largest absolute Gasteiger partial charge is 0.339 e. The Bertz CT molecular complexity index is 339. The van der Waals surface area contributed by atoms with Gasteiger partial charge < -0.3 is 9.84 Å². The van der Waals surface area contributed by atoms with E-state index in [-0.39, 0.29) is 5.41 Å². The molecular weight excluding hydrogens is 178 g/mol. The fraction of sp³-hybridized carbons (Fsp3) is 0.800. The quantitative estimate of drug-likeness (QED) is 0.774. The lowest BCUT2D eigenvalue weighted by Crippen LogP contribution is -2.43. The first-order valence-corrected chi connectivity index (χ1v) is 5.30. The first-order valence-electron chi connectivity index (χ1n) is 5.30. The average Bonchev–Trinajstić information content (AvgIpc) is 2.68. The van der Waals surface area contributed by atoms with Gasteiger partial charge >= 0.3 is 0 Å².